The first-order valence-electron chi connectivity index (χ1n) is 31.9. The molecular weight excluding hydrogens is 990 g/mol. The van der Waals surface area contributed by atoms with Crippen molar-refractivity contribution >= 4 is 19.8 Å². The van der Waals surface area contributed by atoms with Crippen molar-refractivity contribution < 1.29 is 42.1 Å². The number of carbonyl (C=O) groups is 2. The lowest BCUT2D eigenvalue weighted by atomic mass is 10.0. The van der Waals surface area contributed by atoms with Gasteiger partial charge in [0, 0.05) is 12.8 Å². The second kappa shape index (κ2) is 58.6. The molecule has 0 spiro atoms. The lowest BCUT2D eigenvalue weighted by Gasteiger charge is -2.28. The van der Waals surface area contributed by atoms with Crippen LogP contribution < -0.4 is 4.89 Å². The number of nitrogens with zero attached hydrogens (tertiary/aromatic N) is 1. The van der Waals surface area contributed by atoms with Gasteiger partial charge in [-0.3, -0.25) is 14.2 Å². The quantitative estimate of drug-likeness (QED) is 0.0195. The Morgan fingerprint density at radius 2 is 0.731 bits per heavy atom. The van der Waals surface area contributed by atoms with E-state index in [0.29, 0.717) is 17.4 Å². The SMILES string of the molecule is CC/C=C\C/C=C\C/C=C\C/C=C\C/C=C\C/C=C\CCCCCCC(=O)OC(COC(=O)CCCCCCCCCCCCCCCCCCCCC/C=C\C/C=C\CCCCCCC)COP(=O)([O-])OCC[N+](C)(C)C. The minimum atomic E-state index is -4.65. The summed E-state index contributed by atoms with van der Waals surface area (Å²) < 4.78 is 34.2. The molecule has 0 saturated carbocycles. The number of unbranched alkanes of at least 4 members (excludes halogenated alkanes) is 28. The van der Waals surface area contributed by atoms with Crippen LogP contribution in [0.3, 0.4) is 0 Å². The number of quaternary nitrogens is 1. The van der Waals surface area contributed by atoms with E-state index in [4.69, 9.17) is 18.5 Å². The molecule has 0 aliphatic heterocycles. The number of ether oxygens (including phenoxy) is 2. The lowest BCUT2D eigenvalue weighted by molar-refractivity contribution is -0.870. The summed E-state index contributed by atoms with van der Waals surface area (Å²) in [5.74, 6) is -0.860. The van der Waals surface area contributed by atoms with Crippen LogP contribution in [0.4, 0.5) is 0 Å². The van der Waals surface area contributed by atoms with Gasteiger partial charge >= 0.3 is 11.9 Å². The number of hydrogen-bond acceptors (Lipinski definition) is 8. The van der Waals surface area contributed by atoms with Gasteiger partial charge in [0.2, 0.25) is 0 Å². The van der Waals surface area contributed by atoms with Crippen LogP contribution >= 0.6 is 7.82 Å². The predicted octanol–water partition coefficient (Wildman–Crippen LogP) is 19.7. The number of rotatable bonds is 58. The zero-order valence-electron chi connectivity index (χ0n) is 51.1. The van der Waals surface area contributed by atoms with Crippen LogP contribution in [0.5, 0.6) is 0 Å². The molecule has 0 fully saturated rings. The Kier molecular flexibility index (Phi) is 56.3. The molecule has 2 unspecified atom stereocenters. The van der Waals surface area contributed by atoms with Gasteiger partial charge in [0.15, 0.2) is 6.10 Å². The van der Waals surface area contributed by atoms with Crippen LogP contribution in [-0.4, -0.2) is 70.0 Å². The summed E-state index contributed by atoms with van der Waals surface area (Å²) in [5, 5.41) is 0. The molecule has 0 N–H and O–H groups in total. The fourth-order valence-corrected chi connectivity index (χ4v) is 9.42. The Balaban J connectivity index is 4.12. The zero-order chi connectivity index (χ0) is 57.0. The third-order valence-electron chi connectivity index (χ3n) is 13.6. The Morgan fingerprint density at radius 3 is 1.09 bits per heavy atom. The molecule has 0 heterocycles. The molecule has 78 heavy (non-hydrogen) atoms. The van der Waals surface area contributed by atoms with E-state index in [2.05, 4.69) is 111 Å². The standard InChI is InChI=1S/C68H120NO8P/c1-6-8-10-12-14-16-18-20-22-24-26-28-30-31-32-33-34-35-36-37-39-40-42-44-46-48-50-52-54-56-58-60-67(70)74-64-66(65-76-78(72,73)75-63-62-69(3,4)5)77-68(71)61-59-57-55-53-51-49-47-45-43-41-38-29-27-25-23-21-19-17-15-13-11-9-7-2/h9,11,15,17-18,20-21,23-24,26-27,29,41,43,47,49,66H,6-8,10,12-14,16,19,22,25,28,30-40,42,44-46,48,50-65H2,1-5H3/b11-9-,17-15-,20-18-,23-21-,26-24-,29-27-,43-41-,49-47-. The highest BCUT2D eigenvalue weighted by atomic mass is 31.2. The summed E-state index contributed by atoms with van der Waals surface area (Å²) >= 11 is 0. The molecule has 0 rings (SSSR count). The maximum Gasteiger partial charge on any atom is 0.306 e. The van der Waals surface area contributed by atoms with Crippen LogP contribution in [0.25, 0.3) is 0 Å². The van der Waals surface area contributed by atoms with E-state index < -0.39 is 26.5 Å². The highest BCUT2D eigenvalue weighted by Gasteiger charge is 2.22. The second-order valence-corrected chi connectivity index (χ2v) is 23.8. The maximum atomic E-state index is 12.8. The van der Waals surface area contributed by atoms with E-state index in [1.165, 1.54) is 148 Å². The molecule has 0 aromatic heterocycles. The normalized spacial score (nSPS) is 13.9. The zero-order valence-corrected chi connectivity index (χ0v) is 52.0. The molecule has 0 aliphatic rings. The fraction of sp³-hybridized carbons (Fsp3) is 0.735. The van der Waals surface area contributed by atoms with Gasteiger partial charge < -0.3 is 27.9 Å². The third kappa shape index (κ3) is 62.1. The smallest absolute Gasteiger partial charge is 0.306 e. The van der Waals surface area contributed by atoms with Crippen LogP contribution in [0.15, 0.2) is 97.2 Å². The molecule has 2 atom stereocenters. The largest absolute Gasteiger partial charge is 0.756 e. The number of phosphoric acid groups is 1. The first-order chi connectivity index (χ1) is 38.0. The van der Waals surface area contributed by atoms with Crippen molar-refractivity contribution in [3.63, 3.8) is 0 Å². The van der Waals surface area contributed by atoms with Crippen LogP contribution in [0, 0.1) is 0 Å². The summed E-state index contributed by atoms with van der Waals surface area (Å²) in [5.41, 5.74) is 0. The minimum absolute atomic E-state index is 0.0400. The van der Waals surface area contributed by atoms with E-state index >= 15 is 0 Å². The van der Waals surface area contributed by atoms with Crippen molar-refractivity contribution in [1.29, 1.82) is 0 Å². The van der Waals surface area contributed by atoms with E-state index in [0.717, 1.165) is 89.9 Å². The number of allylic oxidation sites excluding steroid dienone is 16. The van der Waals surface area contributed by atoms with Crippen LogP contribution in [0.2, 0.25) is 0 Å². The first kappa shape index (κ1) is 74.9. The van der Waals surface area contributed by atoms with Crippen LogP contribution in [0.1, 0.15) is 271 Å². The van der Waals surface area contributed by atoms with Crippen molar-refractivity contribution in [2.45, 2.75) is 277 Å². The highest BCUT2D eigenvalue weighted by molar-refractivity contribution is 7.45. The molecule has 0 aromatic rings. The van der Waals surface area contributed by atoms with Gasteiger partial charge in [-0.05, 0) is 96.3 Å². The van der Waals surface area contributed by atoms with Crippen molar-refractivity contribution in [3.05, 3.63) is 97.2 Å². The Morgan fingerprint density at radius 1 is 0.410 bits per heavy atom. The summed E-state index contributed by atoms with van der Waals surface area (Å²) in [6.07, 6.45) is 80.4. The maximum absolute atomic E-state index is 12.8. The molecular formula is C68H120NO8P. The predicted molar refractivity (Wildman–Crippen MR) is 332 cm³/mol. The first-order valence-corrected chi connectivity index (χ1v) is 33.4. The van der Waals surface area contributed by atoms with Crippen molar-refractivity contribution in [2.24, 2.45) is 0 Å². The molecule has 0 saturated heterocycles. The van der Waals surface area contributed by atoms with Crippen molar-refractivity contribution in [1.82, 2.24) is 0 Å². The Labute approximate surface area is 481 Å². The summed E-state index contributed by atoms with van der Waals surface area (Å²) in [6, 6.07) is 0. The minimum Gasteiger partial charge on any atom is -0.756 e. The molecule has 10 heteroatoms. The Bertz CT molecular complexity index is 1640. The summed E-state index contributed by atoms with van der Waals surface area (Å²) in [4.78, 5) is 38.0. The van der Waals surface area contributed by atoms with Crippen LogP contribution in [-0.2, 0) is 32.7 Å². The van der Waals surface area contributed by atoms with E-state index in [1.54, 1.807) is 0 Å². The van der Waals surface area contributed by atoms with Gasteiger partial charge in [-0.1, -0.05) is 259 Å². The molecule has 0 bridgehead atoms. The number of carbonyl (C=O) groups excluding carboxylic acids is 2. The molecule has 0 radical (unpaired) electrons. The number of hydrogen-bond donors (Lipinski definition) is 0. The molecule has 9 nitrogen and oxygen atoms in total. The average molecular weight is 1110 g/mol. The highest BCUT2D eigenvalue weighted by Crippen LogP contribution is 2.38. The summed E-state index contributed by atoms with van der Waals surface area (Å²) in [7, 11) is 1.14. The third-order valence-corrected chi connectivity index (χ3v) is 14.6. The monoisotopic (exact) mass is 1110 g/mol. The van der Waals surface area contributed by atoms with Gasteiger partial charge in [-0.15, -0.1) is 0 Å². The topological polar surface area (TPSA) is 111 Å². The molecule has 0 aromatic carbocycles. The number of likely N-dealkylation sites (N-methyl/N-ethyl adjacent to an activating group) is 1. The molecule has 450 valence electrons. The van der Waals surface area contributed by atoms with Gasteiger partial charge in [-0.2, -0.15) is 0 Å². The summed E-state index contributed by atoms with van der Waals surface area (Å²) in [6.45, 7) is 4.10. The van der Waals surface area contributed by atoms with E-state index in [9.17, 15) is 19.0 Å². The number of phosphoric ester groups is 1. The lowest BCUT2D eigenvalue weighted by Crippen LogP contribution is -2.37. The van der Waals surface area contributed by atoms with Crippen molar-refractivity contribution in [3.8, 4) is 0 Å². The van der Waals surface area contributed by atoms with Gasteiger partial charge in [0.1, 0.15) is 19.8 Å². The number of esters is 2. The van der Waals surface area contributed by atoms with E-state index in [1.807, 2.05) is 21.1 Å². The second-order valence-electron chi connectivity index (χ2n) is 22.4. The van der Waals surface area contributed by atoms with Crippen molar-refractivity contribution in [2.75, 3.05) is 47.5 Å². The molecule has 0 amide bonds. The molecule has 0 aliphatic carbocycles. The Hall–Kier alpha value is -3.07. The van der Waals surface area contributed by atoms with Gasteiger partial charge in [0.05, 0.1) is 27.7 Å². The average Bonchev–Trinajstić information content (AvgIpc) is 3.40. The van der Waals surface area contributed by atoms with Gasteiger partial charge in [0.25, 0.3) is 7.82 Å². The fourth-order valence-electron chi connectivity index (χ4n) is 8.69. The van der Waals surface area contributed by atoms with Gasteiger partial charge in [-0.25, -0.2) is 0 Å². The van der Waals surface area contributed by atoms with E-state index in [-0.39, 0.29) is 32.0 Å².